The van der Waals surface area contributed by atoms with E-state index in [-0.39, 0.29) is 24.1 Å². The standard InChI is InChI=1S/C24H25F3N6O2/c25-24(26,27)17-2-1-3-18(12-17)33-19-14-32(11-10-30-9-8-28)22(34)20(19)21(31-23(33)35)16-6-4-15(13-29)5-7-16/h1-6,12,16,21,30H,7-11,14,28H2,(H,31,35). The number of nitriles is 1. The second kappa shape index (κ2) is 9.93. The number of hydrogen-bond acceptors (Lipinski definition) is 5. The normalized spacial score (nSPS) is 22.2. The highest BCUT2D eigenvalue weighted by atomic mass is 19.4. The van der Waals surface area contributed by atoms with Crippen LogP contribution in [0, 0.1) is 17.2 Å². The van der Waals surface area contributed by atoms with Crippen molar-refractivity contribution in [3.8, 4) is 6.07 Å². The summed E-state index contributed by atoms with van der Waals surface area (Å²) in [5, 5.41) is 15.1. The van der Waals surface area contributed by atoms with E-state index in [1.807, 2.05) is 0 Å². The van der Waals surface area contributed by atoms with Gasteiger partial charge >= 0.3 is 12.2 Å². The summed E-state index contributed by atoms with van der Waals surface area (Å²) >= 11 is 0. The lowest BCUT2D eigenvalue weighted by atomic mass is 9.84. The van der Waals surface area contributed by atoms with Crippen molar-refractivity contribution < 1.29 is 22.8 Å². The summed E-state index contributed by atoms with van der Waals surface area (Å²) in [7, 11) is 0. The fraction of sp³-hybridized carbons (Fsp3) is 0.375. The lowest BCUT2D eigenvalue weighted by Gasteiger charge is -2.36. The molecule has 0 aromatic heterocycles. The fourth-order valence-corrected chi connectivity index (χ4v) is 4.53. The van der Waals surface area contributed by atoms with Crippen LogP contribution in [0.15, 0.2) is 59.3 Å². The Hall–Kier alpha value is -3.62. The molecule has 2 unspecified atom stereocenters. The molecule has 0 spiro atoms. The van der Waals surface area contributed by atoms with E-state index < -0.39 is 23.8 Å². The van der Waals surface area contributed by atoms with Gasteiger partial charge in [-0.3, -0.25) is 9.69 Å². The van der Waals surface area contributed by atoms with E-state index >= 15 is 0 Å². The zero-order valence-electron chi connectivity index (χ0n) is 18.8. The van der Waals surface area contributed by atoms with Crippen molar-refractivity contribution in [3.63, 3.8) is 0 Å². The number of halogens is 3. The first-order valence-corrected chi connectivity index (χ1v) is 11.2. The fourth-order valence-electron chi connectivity index (χ4n) is 4.53. The Kier molecular flexibility index (Phi) is 6.95. The lowest BCUT2D eigenvalue weighted by molar-refractivity contribution is -0.137. The largest absolute Gasteiger partial charge is 0.416 e. The molecule has 3 amide bonds. The van der Waals surface area contributed by atoms with Gasteiger partial charge in [0.2, 0.25) is 0 Å². The number of nitrogens with two attached hydrogens (primary N) is 1. The second-order valence-electron chi connectivity index (χ2n) is 8.47. The Bertz CT molecular complexity index is 1150. The molecule has 0 saturated carbocycles. The number of rotatable bonds is 7. The lowest BCUT2D eigenvalue weighted by Crippen LogP contribution is -2.54. The predicted octanol–water partition coefficient (Wildman–Crippen LogP) is 2.27. The van der Waals surface area contributed by atoms with Gasteiger partial charge in [-0.1, -0.05) is 18.2 Å². The molecule has 2 atom stereocenters. The third kappa shape index (κ3) is 4.94. The van der Waals surface area contributed by atoms with Crippen molar-refractivity contribution in [3.05, 3.63) is 64.9 Å². The van der Waals surface area contributed by atoms with E-state index in [2.05, 4.69) is 16.7 Å². The van der Waals surface area contributed by atoms with Gasteiger partial charge in [0.25, 0.3) is 5.91 Å². The molecule has 11 heteroatoms. The molecule has 2 heterocycles. The molecule has 184 valence electrons. The summed E-state index contributed by atoms with van der Waals surface area (Å²) in [5.74, 6) is -0.552. The van der Waals surface area contributed by atoms with Crippen LogP contribution < -0.4 is 21.3 Å². The molecule has 4 N–H and O–H groups in total. The van der Waals surface area contributed by atoms with E-state index in [9.17, 15) is 22.8 Å². The van der Waals surface area contributed by atoms with Crippen LogP contribution in [-0.4, -0.2) is 55.6 Å². The molecular weight excluding hydrogens is 461 g/mol. The highest BCUT2D eigenvalue weighted by Gasteiger charge is 2.46. The van der Waals surface area contributed by atoms with Gasteiger partial charge in [-0.2, -0.15) is 18.4 Å². The minimum Gasteiger partial charge on any atom is -0.332 e. The van der Waals surface area contributed by atoms with Crippen LogP contribution in [0.5, 0.6) is 0 Å². The Morgan fingerprint density at radius 3 is 2.71 bits per heavy atom. The van der Waals surface area contributed by atoms with Gasteiger partial charge in [0.15, 0.2) is 0 Å². The van der Waals surface area contributed by atoms with Crippen LogP contribution in [0.2, 0.25) is 0 Å². The van der Waals surface area contributed by atoms with Crippen LogP contribution in [0.1, 0.15) is 12.0 Å². The van der Waals surface area contributed by atoms with Crippen LogP contribution >= 0.6 is 0 Å². The third-order valence-electron chi connectivity index (χ3n) is 6.23. The number of nitrogens with one attached hydrogen (secondary N) is 2. The van der Waals surface area contributed by atoms with Crippen molar-refractivity contribution in [2.24, 2.45) is 11.7 Å². The highest BCUT2D eigenvalue weighted by molar-refractivity contribution is 6.07. The molecule has 35 heavy (non-hydrogen) atoms. The average Bonchev–Trinajstić information content (AvgIpc) is 3.16. The second-order valence-corrected chi connectivity index (χ2v) is 8.47. The number of carbonyl (C=O) groups is 2. The van der Waals surface area contributed by atoms with Crippen molar-refractivity contribution >= 4 is 17.6 Å². The molecule has 0 fully saturated rings. The molecule has 4 rings (SSSR count). The maximum atomic E-state index is 13.5. The number of hydrogen-bond donors (Lipinski definition) is 3. The van der Waals surface area contributed by atoms with Gasteiger partial charge in [-0.15, -0.1) is 0 Å². The smallest absolute Gasteiger partial charge is 0.332 e. The number of amides is 3. The molecular formula is C24H25F3N6O2. The maximum Gasteiger partial charge on any atom is 0.416 e. The van der Waals surface area contributed by atoms with Crippen LogP contribution in [0.4, 0.5) is 23.7 Å². The molecule has 1 aromatic rings. The summed E-state index contributed by atoms with van der Waals surface area (Å²) < 4.78 is 40.0. The molecule has 0 saturated heterocycles. The van der Waals surface area contributed by atoms with Gasteiger partial charge in [0, 0.05) is 37.7 Å². The average molecular weight is 486 g/mol. The Labute approximate surface area is 200 Å². The van der Waals surface area contributed by atoms with Crippen LogP contribution in [-0.2, 0) is 11.0 Å². The number of anilines is 1. The SMILES string of the molecule is N#CC1=CCC(C2NC(=O)N(c3cccc(C(F)(F)F)c3)C3=C2C(=O)N(CCNCCN)C3)C=C1. The first-order valence-electron chi connectivity index (χ1n) is 11.2. The van der Waals surface area contributed by atoms with Gasteiger partial charge in [-0.05, 0) is 30.7 Å². The van der Waals surface area contributed by atoms with Crippen LogP contribution in [0.25, 0.3) is 0 Å². The van der Waals surface area contributed by atoms with Gasteiger partial charge in [-0.25, -0.2) is 4.79 Å². The molecule has 8 nitrogen and oxygen atoms in total. The monoisotopic (exact) mass is 486 g/mol. The minimum absolute atomic E-state index is 0.0324. The molecule has 1 aliphatic carbocycles. The molecule has 3 aliphatic rings. The van der Waals surface area contributed by atoms with E-state index in [1.54, 1.807) is 23.1 Å². The Balaban J connectivity index is 1.70. The number of carbonyl (C=O) groups excluding carboxylic acids is 2. The molecule has 0 bridgehead atoms. The van der Waals surface area contributed by atoms with Gasteiger partial charge < -0.3 is 21.3 Å². The number of nitrogens with zero attached hydrogens (tertiary/aromatic N) is 3. The van der Waals surface area contributed by atoms with E-state index in [1.165, 1.54) is 12.1 Å². The van der Waals surface area contributed by atoms with Crippen molar-refractivity contribution in [2.75, 3.05) is 37.6 Å². The van der Waals surface area contributed by atoms with E-state index in [4.69, 9.17) is 11.0 Å². The zero-order chi connectivity index (χ0) is 25.2. The summed E-state index contributed by atoms with van der Waals surface area (Å²) in [4.78, 5) is 29.4. The molecule has 1 aromatic carbocycles. The molecule has 0 radical (unpaired) electrons. The summed E-state index contributed by atoms with van der Waals surface area (Å²) in [5.41, 5.74) is 5.85. The number of alkyl halides is 3. The van der Waals surface area contributed by atoms with Crippen LogP contribution in [0.3, 0.4) is 0 Å². The third-order valence-corrected chi connectivity index (χ3v) is 6.23. The predicted molar refractivity (Wildman–Crippen MR) is 123 cm³/mol. The number of allylic oxidation sites excluding steroid dienone is 3. The van der Waals surface area contributed by atoms with Gasteiger partial charge in [0.05, 0.1) is 41.2 Å². The Morgan fingerprint density at radius 1 is 1.26 bits per heavy atom. The first kappa shape index (κ1) is 24.5. The van der Waals surface area contributed by atoms with E-state index in [0.29, 0.717) is 49.4 Å². The number of benzene rings is 1. The quantitative estimate of drug-likeness (QED) is 0.512. The summed E-state index contributed by atoms with van der Waals surface area (Å²) in [6.45, 7) is 1.95. The maximum absolute atomic E-state index is 13.5. The van der Waals surface area contributed by atoms with Crippen molar-refractivity contribution in [2.45, 2.75) is 18.6 Å². The molecule has 2 aliphatic heterocycles. The summed E-state index contributed by atoms with van der Waals surface area (Å²) in [6, 6.07) is 5.29. The van der Waals surface area contributed by atoms with Crippen molar-refractivity contribution in [1.29, 1.82) is 5.26 Å². The number of urea groups is 1. The highest BCUT2D eigenvalue weighted by Crippen LogP contribution is 2.38. The topological polar surface area (TPSA) is 114 Å². The minimum atomic E-state index is -4.58. The Morgan fingerprint density at radius 2 is 2.06 bits per heavy atom. The van der Waals surface area contributed by atoms with E-state index in [0.717, 1.165) is 17.0 Å². The van der Waals surface area contributed by atoms with Crippen molar-refractivity contribution in [1.82, 2.24) is 15.5 Å². The first-order chi connectivity index (χ1) is 16.7. The zero-order valence-corrected chi connectivity index (χ0v) is 18.8. The summed E-state index contributed by atoms with van der Waals surface area (Å²) in [6.07, 6.45) is 1.03. The van der Waals surface area contributed by atoms with Gasteiger partial charge in [0.1, 0.15) is 0 Å².